The molecule has 1 heterocycles. The van der Waals surface area contributed by atoms with Gasteiger partial charge in [0, 0.05) is 26.8 Å². The molecule has 2 unspecified atom stereocenters. The highest BCUT2D eigenvalue weighted by Gasteiger charge is 2.16. The third kappa shape index (κ3) is 7.02. The van der Waals surface area contributed by atoms with Crippen LogP contribution in [0.5, 0.6) is 0 Å². The lowest BCUT2D eigenvalue weighted by Gasteiger charge is -2.31. The van der Waals surface area contributed by atoms with Crippen molar-refractivity contribution in [3.05, 3.63) is 0 Å². The molecule has 0 radical (unpaired) electrons. The third-order valence-electron chi connectivity index (χ3n) is 3.45. The standard InChI is InChI=1S/C14H30N2O/c1-13-9-15-10-14(2)12-16(11-13)7-5-4-6-8-17-3/h13-15H,4-12H2,1-3H3. The SMILES string of the molecule is COCCCCCN1CC(C)CNCC(C)C1. The molecule has 3 heteroatoms. The monoisotopic (exact) mass is 242 g/mol. The van der Waals surface area contributed by atoms with Crippen molar-refractivity contribution in [3.8, 4) is 0 Å². The Hall–Kier alpha value is -0.120. The molecule has 1 aliphatic heterocycles. The van der Waals surface area contributed by atoms with Gasteiger partial charge in [0.1, 0.15) is 0 Å². The lowest BCUT2D eigenvalue weighted by molar-refractivity contribution is 0.172. The zero-order valence-electron chi connectivity index (χ0n) is 11.9. The molecular weight excluding hydrogens is 212 g/mol. The van der Waals surface area contributed by atoms with Crippen molar-refractivity contribution < 1.29 is 4.74 Å². The van der Waals surface area contributed by atoms with Crippen LogP contribution in [0.1, 0.15) is 33.1 Å². The molecule has 1 saturated heterocycles. The van der Waals surface area contributed by atoms with E-state index >= 15 is 0 Å². The molecule has 1 rings (SSSR count). The molecule has 102 valence electrons. The molecule has 0 amide bonds. The van der Waals surface area contributed by atoms with E-state index in [1.165, 1.54) is 52.0 Å². The Bertz CT molecular complexity index is 175. The second kappa shape index (κ2) is 8.90. The maximum atomic E-state index is 5.08. The minimum atomic E-state index is 0.779. The van der Waals surface area contributed by atoms with Gasteiger partial charge in [-0.05, 0) is 50.7 Å². The predicted molar refractivity (Wildman–Crippen MR) is 73.4 cm³/mol. The number of nitrogens with one attached hydrogen (secondary N) is 1. The van der Waals surface area contributed by atoms with Gasteiger partial charge in [0.05, 0.1) is 0 Å². The summed E-state index contributed by atoms with van der Waals surface area (Å²) in [5, 5.41) is 3.55. The van der Waals surface area contributed by atoms with E-state index in [9.17, 15) is 0 Å². The van der Waals surface area contributed by atoms with Gasteiger partial charge in [0.2, 0.25) is 0 Å². The van der Waals surface area contributed by atoms with Gasteiger partial charge < -0.3 is 15.0 Å². The van der Waals surface area contributed by atoms with E-state index in [1.807, 2.05) is 0 Å². The topological polar surface area (TPSA) is 24.5 Å². The number of ether oxygens (including phenoxy) is 1. The molecule has 1 N–H and O–H groups in total. The Morgan fingerprint density at radius 2 is 1.71 bits per heavy atom. The molecule has 1 aliphatic rings. The first kappa shape index (κ1) is 14.9. The van der Waals surface area contributed by atoms with Gasteiger partial charge in [0.15, 0.2) is 0 Å². The molecule has 0 spiro atoms. The molecule has 0 bridgehead atoms. The molecule has 0 aromatic carbocycles. The first-order valence-electron chi connectivity index (χ1n) is 7.14. The van der Waals surface area contributed by atoms with E-state index in [0.717, 1.165) is 18.4 Å². The van der Waals surface area contributed by atoms with Crippen LogP contribution < -0.4 is 5.32 Å². The van der Waals surface area contributed by atoms with Crippen molar-refractivity contribution in [2.24, 2.45) is 11.8 Å². The Kier molecular flexibility index (Phi) is 7.82. The average Bonchev–Trinajstić information content (AvgIpc) is 2.26. The minimum Gasteiger partial charge on any atom is -0.385 e. The lowest BCUT2D eigenvalue weighted by Crippen LogP contribution is -2.42. The highest BCUT2D eigenvalue weighted by molar-refractivity contribution is 4.72. The fourth-order valence-corrected chi connectivity index (χ4v) is 2.60. The molecule has 0 aliphatic carbocycles. The summed E-state index contributed by atoms with van der Waals surface area (Å²) in [4.78, 5) is 2.66. The fourth-order valence-electron chi connectivity index (χ4n) is 2.60. The summed E-state index contributed by atoms with van der Waals surface area (Å²) in [5.41, 5.74) is 0. The first-order chi connectivity index (χ1) is 8.22. The van der Waals surface area contributed by atoms with Gasteiger partial charge in [-0.1, -0.05) is 13.8 Å². The summed E-state index contributed by atoms with van der Waals surface area (Å²) >= 11 is 0. The van der Waals surface area contributed by atoms with E-state index in [-0.39, 0.29) is 0 Å². The molecule has 2 atom stereocenters. The van der Waals surface area contributed by atoms with Gasteiger partial charge in [-0.15, -0.1) is 0 Å². The molecular formula is C14H30N2O. The molecule has 0 aromatic rings. The van der Waals surface area contributed by atoms with E-state index in [4.69, 9.17) is 4.74 Å². The van der Waals surface area contributed by atoms with Crippen molar-refractivity contribution in [2.45, 2.75) is 33.1 Å². The smallest absolute Gasteiger partial charge is 0.0462 e. The quantitative estimate of drug-likeness (QED) is 0.721. The van der Waals surface area contributed by atoms with Gasteiger partial charge in [-0.2, -0.15) is 0 Å². The number of hydrogen-bond donors (Lipinski definition) is 1. The van der Waals surface area contributed by atoms with Crippen molar-refractivity contribution >= 4 is 0 Å². The van der Waals surface area contributed by atoms with Crippen LogP contribution in [-0.2, 0) is 4.74 Å². The lowest BCUT2D eigenvalue weighted by atomic mass is 10.1. The van der Waals surface area contributed by atoms with Crippen LogP contribution in [0.2, 0.25) is 0 Å². The zero-order chi connectivity index (χ0) is 12.5. The third-order valence-corrected chi connectivity index (χ3v) is 3.45. The van der Waals surface area contributed by atoms with Gasteiger partial charge in [-0.25, -0.2) is 0 Å². The number of methoxy groups -OCH3 is 1. The minimum absolute atomic E-state index is 0.779. The highest BCUT2D eigenvalue weighted by atomic mass is 16.5. The van der Waals surface area contributed by atoms with E-state index in [0.29, 0.717) is 0 Å². The fraction of sp³-hybridized carbons (Fsp3) is 1.00. The van der Waals surface area contributed by atoms with E-state index < -0.39 is 0 Å². The van der Waals surface area contributed by atoms with Crippen molar-refractivity contribution in [1.82, 2.24) is 10.2 Å². The summed E-state index contributed by atoms with van der Waals surface area (Å²) in [5.74, 6) is 1.56. The Morgan fingerprint density at radius 3 is 2.29 bits per heavy atom. The number of unbranched alkanes of at least 4 members (excludes halogenated alkanes) is 2. The van der Waals surface area contributed by atoms with Crippen LogP contribution in [0.3, 0.4) is 0 Å². The van der Waals surface area contributed by atoms with Gasteiger partial charge in [-0.3, -0.25) is 0 Å². The summed E-state index contributed by atoms with van der Waals surface area (Å²) in [6.45, 7) is 11.7. The normalized spacial score (nSPS) is 27.7. The maximum absolute atomic E-state index is 5.08. The van der Waals surface area contributed by atoms with E-state index in [1.54, 1.807) is 7.11 Å². The van der Waals surface area contributed by atoms with Crippen LogP contribution in [0, 0.1) is 11.8 Å². The van der Waals surface area contributed by atoms with Crippen LogP contribution in [0.4, 0.5) is 0 Å². The summed E-state index contributed by atoms with van der Waals surface area (Å²) in [7, 11) is 1.79. The molecule has 3 nitrogen and oxygen atoms in total. The predicted octanol–water partition coefficient (Wildman–Crippen LogP) is 1.98. The Balaban J connectivity index is 2.18. The first-order valence-corrected chi connectivity index (χ1v) is 7.14. The van der Waals surface area contributed by atoms with Crippen molar-refractivity contribution in [2.75, 3.05) is 46.4 Å². The number of nitrogens with zero attached hydrogens (tertiary/aromatic N) is 1. The Labute approximate surface area is 107 Å². The maximum Gasteiger partial charge on any atom is 0.0462 e. The average molecular weight is 242 g/mol. The second-order valence-electron chi connectivity index (χ2n) is 5.68. The largest absolute Gasteiger partial charge is 0.385 e. The molecule has 0 aromatic heterocycles. The van der Waals surface area contributed by atoms with Crippen LogP contribution in [0.25, 0.3) is 0 Å². The number of hydrogen-bond acceptors (Lipinski definition) is 3. The van der Waals surface area contributed by atoms with Crippen molar-refractivity contribution in [1.29, 1.82) is 0 Å². The van der Waals surface area contributed by atoms with Gasteiger partial charge in [0.25, 0.3) is 0 Å². The zero-order valence-corrected chi connectivity index (χ0v) is 11.9. The van der Waals surface area contributed by atoms with Crippen molar-refractivity contribution in [3.63, 3.8) is 0 Å². The molecule has 17 heavy (non-hydrogen) atoms. The molecule has 1 fully saturated rings. The second-order valence-corrected chi connectivity index (χ2v) is 5.68. The van der Waals surface area contributed by atoms with Crippen LogP contribution in [0.15, 0.2) is 0 Å². The Morgan fingerprint density at radius 1 is 1.06 bits per heavy atom. The highest BCUT2D eigenvalue weighted by Crippen LogP contribution is 2.09. The van der Waals surface area contributed by atoms with Gasteiger partial charge >= 0.3 is 0 Å². The van der Waals surface area contributed by atoms with Crippen LogP contribution in [-0.4, -0.2) is 51.3 Å². The van der Waals surface area contributed by atoms with E-state index in [2.05, 4.69) is 24.1 Å². The number of rotatable bonds is 6. The summed E-state index contributed by atoms with van der Waals surface area (Å²) < 4.78 is 5.08. The summed E-state index contributed by atoms with van der Waals surface area (Å²) in [6.07, 6.45) is 3.82. The summed E-state index contributed by atoms with van der Waals surface area (Å²) in [6, 6.07) is 0. The molecule has 0 saturated carbocycles. The van der Waals surface area contributed by atoms with Crippen LogP contribution >= 0.6 is 0 Å².